The average Bonchev–Trinajstić information content (AvgIpc) is 2.39. The Balaban J connectivity index is 1.95. The first-order valence-electron chi connectivity index (χ1n) is 6.12. The minimum absolute atomic E-state index is 0.134. The number of nitrogens with zero attached hydrogens (tertiary/aromatic N) is 2. The van der Waals surface area contributed by atoms with Crippen molar-refractivity contribution in [1.29, 1.82) is 0 Å². The van der Waals surface area contributed by atoms with Crippen LogP contribution in [0.25, 0.3) is 0 Å². The number of rotatable bonds is 3. The van der Waals surface area contributed by atoms with E-state index in [2.05, 4.69) is 26.1 Å². The van der Waals surface area contributed by atoms with E-state index in [1.807, 2.05) is 31.3 Å². The summed E-state index contributed by atoms with van der Waals surface area (Å²) in [5.74, 6) is 0.134. The lowest BCUT2D eigenvalue weighted by Gasteiger charge is -2.28. The van der Waals surface area contributed by atoms with Crippen LogP contribution >= 0.6 is 15.9 Å². The smallest absolute Gasteiger partial charge is 0.240 e. The van der Waals surface area contributed by atoms with Crippen LogP contribution in [0.2, 0.25) is 0 Å². The maximum absolute atomic E-state index is 12.2. The van der Waals surface area contributed by atoms with Gasteiger partial charge in [-0.1, -0.05) is 22.0 Å². The Bertz CT molecular complexity index is 418. The molecule has 18 heavy (non-hydrogen) atoms. The maximum atomic E-state index is 12.2. The summed E-state index contributed by atoms with van der Waals surface area (Å²) in [6.45, 7) is 4.31. The van der Waals surface area contributed by atoms with Gasteiger partial charge in [0.25, 0.3) is 0 Å². The van der Waals surface area contributed by atoms with Crippen LogP contribution < -0.4 is 10.2 Å². The fourth-order valence-electron chi connectivity index (χ4n) is 2.00. The first kappa shape index (κ1) is 13.5. The summed E-state index contributed by atoms with van der Waals surface area (Å²) >= 11 is 3.42. The van der Waals surface area contributed by atoms with Gasteiger partial charge in [0.2, 0.25) is 5.91 Å². The van der Waals surface area contributed by atoms with Crippen LogP contribution in [-0.2, 0) is 4.79 Å². The number of benzene rings is 1. The van der Waals surface area contributed by atoms with Crippen LogP contribution in [0.3, 0.4) is 0 Å². The Hall–Kier alpha value is -0.910. The normalized spacial score (nSPS) is 16.6. The molecule has 1 saturated heterocycles. The van der Waals surface area contributed by atoms with Gasteiger partial charge in [-0.15, -0.1) is 0 Å². The second-order valence-electron chi connectivity index (χ2n) is 4.46. The molecule has 0 saturated carbocycles. The van der Waals surface area contributed by atoms with Gasteiger partial charge < -0.3 is 10.2 Å². The van der Waals surface area contributed by atoms with Crippen molar-refractivity contribution < 1.29 is 4.79 Å². The van der Waals surface area contributed by atoms with E-state index in [9.17, 15) is 4.79 Å². The van der Waals surface area contributed by atoms with E-state index < -0.39 is 0 Å². The summed E-state index contributed by atoms with van der Waals surface area (Å²) in [4.78, 5) is 16.1. The lowest BCUT2D eigenvalue weighted by molar-refractivity contribution is -0.119. The highest BCUT2D eigenvalue weighted by Gasteiger charge is 2.17. The molecule has 0 bridgehead atoms. The number of likely N-dealkylation sites (N-methyl/N-ethyl adjacent to an activating group) is 1. The van der Waals surface area contributed by atoms with Crippen LogP contribution in [0, 0.1) is 0 Å². The maximum Gasteiger partial charge on any atom is 0.240 e. The number of hydrogen-bond donors (Lipinski definition) is 1. The third-order valence-corrected chi connectivity index (χ3v) is 3.63. The van der Waals surface area contributed by atoms with Gasteiger partial charge in [-0.25, -0.2) is 0 Å². The van der Waals surface area contributed by atoms with Gasteiger partial charge in [-0.05, 0) is 18.2 Å². The topological polar surface area (TPSA) is 35.6 Å². The van der Waals surface area contributed by atoms with Crippen molar-refractivity contribution >= 4 is 27.5 Å². The Labute approximate surface area is 116 Å². The van der Waals surface area contributed by atoms with Gasteiger partial charge in [0.05, 0.1) is 6.54 Å². The summed E-state index contributed by atoms with van der Waals surface area (Å²) in [6.07, 6.45) is 0. The minimum Gasteiger partial charge on any atom is -0.314 e. The fourth-order valence-corrected chi connectivity index (χ4v) is 2.38. The number of amides is 1. The van der Waals surface area contributed by atoms with Crippen LogP contribution in [0.15, 0.2) is 28.7 Å². The van der Waals surface area contributed by atoms with Gasteiger partial charge in [0, 0.05) is 43.4 Å². The molecule has 0 aromatic heterocycles. The predicted molar refractivity (Wildman–Crippen MR) is 76.9 cm³/mol. The summed E-state index contributed by atoms with van der Waals surface area (Å²) < 4.78 is 0.988. The predicted octanol–water partition coefficient (Wildman–Crippen LogP) is 1.32. The molecule has 98 valence electrons. The number of halogens is 1. The zero-order chi connectivity index (χ0) is 13.0. The second kappa shape index (κ2) is 6.31. The van der Waals surface area contributed by atoms with Gasteiger partial charge in [0.15, 0.2) is 0 Å². The quantitative estimate of drug-likeness (QED) is 0.914. The Morgan fingerprint density at radius 3 is 2.83 bits per heavy atom. The third kappa shape index (κ3) is 3.54. The van der Waals surface area contributed by atoms with Crippen molar-refractivity contribution in [3.8, 4) is 0 Å². The van der Waals surface area contributed by atoms with E-state index in [1.165, 1.54) is 0 Å². The molecule has 1 aromatic carbocycles. The second-order valence-corrected chi connectivity index (χ2v) is 5.37. The number of piperazine rings is 1. The van der Waals surface area contributed by atoms with Crippen LogP contribution in [0.1, 0.15) is 0 Å². The summed E-state index contributed by atoms with van der Waals surface area (Å²) in [6, 6.07) is 7.79. The van der Waals surface area contributed by atoms with Crippen LogP contribution in [0.5, 0.6) is 0 Å². The van der Waals surface area contributed by atoms with E-state index in [0.29, 0.717) is 6.54 Å². The zero-order valence-electron chi connectivity index (χ0n) is 10.5. The first-order chi connectivity index (χ1) is 8.66. The first-order valence-corrected chi connectivity index (χ1v) is 6.91. The Kier molecular flexibility index (Phi) is 4.74. The van der Waals surface area contributed by atoms with Crippen LogP contribution in [0.4, 0.5) is 5.69 Å². The van der Waals surface area contributed by atoms with Crippen molar-refractivity contribution in [2.45, 2.75) is 0 Å². The standard InChI is InChI=1S/C13H18BrN3O/c1-16(12-4-2-3-11(14)9-12)13(18)10-17-7-5-15-6-8-17/h2-4,9,15H,5-8,10H2,1H3. The number of hydrogen-bond acceptors (Lipinski definition) is 3. The highest BCUT2D eigenvalue weighted by Crippen LogP contribution is 2.19. The monoisotopic (exact) mass is 311 g/mol. The van der Waals surface area contributed by atoms with Crippen molar-refractivity contribution in [3.63, 3.8) is 0 Å². The molecule has 4 nitrogen and oxygen atoms in total. The summed E-state index contributed by atoms with van der Waals surface area (Å²) in [7, 11) is 1.83. The SMILES string of the molecule is CN(C(=O)CN1CCNCC1)c1cccc(Br)c1. The number of nitrogens with one attached hydrogen (secondary N) is 1. The summed E-state index contributed by atoms with van der Waals surface area (Å²) in [5, 5.41) is 3.28. The molecule has 5 heteroatoms. The van der Waals surface area contributed by atoms with Gasteiger partial charge in [0.1, 0.15) is 0 Å². The molecule has 1 N–H and O–H groups in total. The molecular weight excluding hydrogens is 294 g/mol. The van der Waals surface area contributed by atoms with E-state index >= 15 is 0 Å². The van der Waals surface area contributed by atoms with Crippen molar-refractivity contribution in [2.24, 2.45) is 0 Å². The zero-order valence-corrected chi connectivity index (χ0v) is 12.1. The number of carbonyl (C=O) groups is 1. The molecular formula is C13H18BrN3O. The molecule has 0 atom stereocenters. The molecule has 2 rings (SSSR count). The van der Waals surface area contributed by atoms with Crippen molar-refractivity contribution in [3.05, 3.63) is 28.7 Å². The van der Waals surface area contributed by atoms with Gasteiger partial charge in [-0.3, -0.25) is 9.69 Å². The van der Waals surface area contributed by atoms with E-state index in [-0.39, 0.29) is 5.91 Å². The highest BCUT2D eigenvalue weighted by atomic mass is 79.9. The molecule has 1 aliphatic heterocycles. The van der Waals surface area contributed by atoms with E-state index in [0.717, 1.165) is 36.3 Å². The third-order valence-electron chi connectivity index (χ3n) is 3.14. The molecule has 1 fully saturated rings. The van der Waals surface area contributed by atoms with E-state index in [1.54, 1.807) is 4.90 Å². The molecule has 0 aliphatic carbocycles. The lowest BCUT2D eigenvalue weighted by Crippen LogP contribution is -2.47. The molecule has 0 radical (unpaired) electrons. The van der Waals surface area contributed by atoms with E-state index in [4.69, 9.17) is 0 Å². The molecule has 1 amide bonds. The molecule has 1 aromatic rings. The fraction of sp³-hybridized carbons (Fsp3) is 0.462. The average molecular weight is 312 g/mol. The largest absolute Gasteiger partial charge is 0.314 e. The molecule has 0 spiro atoms. The number of carbonyl (C=O) groups excluding carboxylic acids is 1. The van der Waals surface area contributed by atoms with Gasteiger partial charge >= 0.3 is 0 Å². The summed E-state index contributed by atoms with van der Waals surface area (Å²) in [5.41, 5.74) is 0.921. The number of anilines is 1. The van der Waals surface area contributed by atoms with Crippen molar-refractivity contribution in [2.75, 3.05) is 44.7 Å². The Morgan fingerprint density at radius 1 is 1.44 bits per heavy atom. The van der Waals surface area contributed by atoms with Crippen LogP contribution in [-0.4, -0.2) is 50.6 Å². The van der Waals surface area contributed by atoms with Gasteiger partial charge in [-0.2, -0.15) is 0 Å². The molecule has 1 heterocycles. The lowest BCUT2D eigenvalue weighted by atomic mass is 10.3. The molecule has 1 aliphatic rings. The minimum atomic E-state index is 0.134. The highest BCUT2D eigenvalue weighted by molar-refractivity contribution is 9.10. The Morgan fingerprint density at radius 2 is 2.17 bits per heavy atom. The van der Waals surface area contributed by atoms with Crippen molar-refractivity contribution in [1.82, 2.24) is 10.2 Å². The molecule has 0 unspecified atom stereocenters.